The normalized spacial score (nSPS) is 14.9. The topological polar surface area (TPSA) is 55.8 Å². The molecule has 3 rings (SSSR count). The second-order valence-electron chi connectivity index (χ2n) is 6.01. The number of imide groups is 1. The number of halogens is 1. The van der Waals surface area contributed by atoms with Crippen LogP contribution < -0.4 is 9.47 Å². The molecule has 1 aliphatic rings. The predicted molar refractivity (Wildman–Crippen MR) is 115 cm³/mol. The molecule has 0 saturated carbocycles. The number of amides is 2. The molecule has 1 heterocycles. The van der Waals surface area contributed by atoms with Gasteiger partial charge in [0.2, 0.25) is 0 Å². The molecule has 1 fully saturated rings. The summed E-state index contributed by atoms with van der Waals surface area (Å²) in [6.45, 7) is 2.55. The molecule has 148 valence electrons. The van der Waals surface area contributed by atoms with E-state index < -0.39 is 11.1 Å². The highest BCUT2D eigenvalue weighted by Crippen LogP contribution is 2.39. The smallest absolute Gasteiger partial charge is 0.294 e. The number of hydrogen-bond donors (Lipinski definition) is 0. The van der Waals surface area contributed by atoms with E-state index >= 15 is 0 Å². The molecular weight excluding hydrogens is 410 g/mol. The summed E-state index contributed by atoms with van der Waals surface area (Å²) in [5, 5.41) is -0.0425. The van der Waals surface area contributed by atoms with Gasteiger partial charge in [-0.1, -0.05) is 47.9 Å². The summed E-state index contributed by atoms with van der Waals surface area (Å²) >= 11 is 7.28. The lowest BCUT2D eigenvalue weighted by molar-refractivity contribution is -0.122. The van der Waals surface area contributed by atoms with Gasteiger partial charge in [-0.15, -0.1) is 6.42 Å². The summed E-state index contributed by atoms with van der Waals surface area (Å²) in [5.74, 6) is 2.78. The molecule has 7 heteroatoms. The molecule has 1 aliphatic heterocycles. The zero-order valence-corrected chi connectivity index (χ0v) is 17.3. The number of rotatable bonds is 7. The van der Waals surface area contributed by atoms with Gasteiger partial charge in [-0.3, -0.25) is 14.5 Å². The Balaban J connectivity index is 1.87. The minimum Gasteiger partial charge on any atom is -0.490 e. The maximum Gasteiger partial charge on any atom is 0.294 e. The SMILES string of the molecule is C#CCN1C(=O)S/C(=C/c2cc(Cl)c(OCc3ccccc3)c(OCC)c2)C1=O. The molecule has 29 heavy (non-hydrogen) atoms. The Labute approximate surface area is 178 Å². The third-order valence-corrected chi connectivity index (χ3v) is 5.17. The number of thioether (sulfide) groups is 1. The Morgan fingerprint density at radius 1 is 1.21 bits per heavy atom. The van der Waals surface area contributed by atoms with E-state index in [1.165, 1.54) is 0 Å². The van der Waals surface area contributed by atoms with Crippen LogP contribution >= 0.6 is 23.4 Å². The van der Waals surface area contributed by atoms with E-state index in [1.807, 2.05) is 37.3 Å². The number of carbonyl (C=O) groups excluding carboxylic acids is 2. The second-order valence-corrected chi connectivity index (χ2v) is 7.41. The van der Waals surface area contributed by atoms with Gasteiger partial charge in [-0.25, -0.2) is 0 Å². The summed E-state index contributed by atoms with van der Waals surface area (Å²) < 4.78 is 11.6. The van der Waals surface area contributed by atoms with Crippen molar-refractivity contribution >= 4 is 40.6 Å². The van der Waals surface area contributed by atoms with Gasteiger partial charge in [0.25, 0.3) is 11.1 Å². The molecule has 0 aliphatic carbocycles. The fourth-order valence-electron chi connectivity index (χ4n) is 2.68. The van der Waals surface area contributed by atoms with Gasteiger partial charge < -0.3 is 9.47 Å². The number of carbonyl (C=O) groups is 2. The summed E-state index contributed by atoms with van der Waals surface area (Å²) in [4.78, 5) is 25.6. The maximum absolute atomic E-state index is 12.4. The van der Waals surface area contributed by atoms with Crippen LogP contribution in [-0.2, 0) is 11.4 Å². The van der Waals surface area contributed by atoms with Crippen molar-refractivity contribution in [2.45, 2.75) is 13.5 Å². The highest BCUT2D eigenvalue weighted by atomic mass is 35.5. The van der Waals surface area contributed by atoms with E-state index in [-0.39, 0.29) is 11.4 Å². The van der Waals surface area contributed by atoms with Crippen molar-refractivity contribution in [2.75, 3.05) is 13.2 Å². The molecule has 0 bridgehead atoms. The Kier molecular flexibility index (Phi) is 6.86. The zero-order chi connectivity index (χ0) is 20.8. The quantitative estimate of drug-likeness (QED) is 0.460. The highest BCUT2D eigenvalue weighted by Gasteiger charge is 2.34. The van der Waals surface area contributed by atoms with Gasteiger partial charge in [0.1, 0.15) is 6.61 Å². The van der Waals surface area contributed by atoms with Gasteiger partial charge in [0.15, 0.2) is 11.5 Å². The second kappa shape index (κ2) is 9.55. The van der Waals surface area contributed by atoms with Crippen LogP contribution in [0.4, 0.5) is 4.79 Å². The largest absolute Gasteiger partial charge is 0.490 e. The molecule has 0 N–H and O–H groups in total. The lowest BCUT2D eigenvalue weighted by Crippen LogP contribution is -2.28. The molecule has 2 aromatic rings. The van der Waals surface area contributed by atoms with Crippen LogP contribution in [0.25, 0.3) is 6.08 Å². The average molecular weight is 428 g/mol. The van der Waals surface area contributed by atoms with Crippen molar-refractivity contribution < 1.29 is 19.1 Å². The summed E-state index contributed by atoms with van der Waals surface area (Å²) in [7, 11) is 0. The highest BCUT2D eigenvalue weighted by molar-refractivity contribution is 8.18. The maximum atomic E-state index is 12.4. The fraction of sp³-hybridized carbons (Fsp3) is 0.182. The van der Waals surface area contributed by atoms with Crippen molar-refractivity contribution in [1.29, 1.82) is 0 Å². The lowest BCUT2D eigenvalue weighted by Gasteiger charge is -2.14. The van der Waals surface area contributed by atoms with E-state index in [0.29, 0.717) is 35.3 Å². The summed E-state index contributed by atoms with van der Waals surface area (Å²) in [6.07, 6.45) is 6.81. The van der Waals surface area contributed by atoms with Gasteiger partial charge in [0, 0.05) is 0 Å². The predicted octanol–water partition coefficient (Wildman–Crippen LogP) is 4.99. The van der Waals surface area contributed by atoms with Crippen LogP contribution in [0.15, 0.2) is 47.4 Å². The number of benzene rings is 2. The van der Waals surface area contributed by atoms with E-state index in [1.54, 1.807) is 18.2 Å². The van der Waals surface area contributed by atoms with Crippen molar-refractivity contribution in [1.82, 2.24) is 4.90 Å². The molecule has 0 radical (unpaired) electrons. The molecule has 0 atom stereocenters. The van der Waals surface area contributed by atoms with Gasteiger partial charge in [0.05, 0.1) is 23.1 Å². The van der Waals surface area contributed by atoms with Crippen molar-refractivity contribution in [3.8, 4) is 23.8 Å². The van der Waals surface area contributed by atoms with Crippen molar-refractivity contribution in [3.63, 3.8) is 0 Å². The lowest BCUT2D eigenvalue weighted by atomic mass is 10.1. The average Bonchev–Trinajstić information content (AvgIpc) is 2.96. The minimum atomic E-state index is -0.420. The summed E-state index contributed by atoms with van der Waals surface area (Å²) in [6, 6.07) is 13.1. The van der Waals surface area contributed by atoms with Crippen LogP contribution in [0.3, 0.4) is 0 Å². The Bertz CT molecular complexity index is 998. The fourth-order valence-corrected chi connectivity index (χ4v) is 3.79. The summed E-state index contributed by atoms with van der Waals surface area (Å²) in [5.41, 5.74) is 1.62. The van der Waals surface area contributed by atoms with Crippen LogP contribution in [0.2, 0.25) is 5.02 Å². The van der Waals surface area contributed by atoms with E-state index in [9.17, 15) is 9.59 Å². The number of hydrogen-bond acceptors (Lipinski definition) is 5. The van der Waals surface area contributed by atoms with E-state index in [0.717, 1.165) is 22.2 Å². The first-order chi connectivity index (χ1) is 14.0. The first-order valence-corrected chi connectivity index (χ1v) is 10.0. The monoisotopic (exact) mass is 427 g/mol. The van der Waals surface area contributed by atoms with Crippen molar-refractivity contribution in [2.24, 2.45) is 0 Å². The van der Waals surface area contributed by atoms with Gasteiger partial charge in [-0.2, -0.15) is 0 Å². The van der Waals surface area contributed by atoms with E-state index in [2.05, 4.69) is 5.92 Å². The van der Waals surface area contributed by atoms with Gasteiger partial charge >= 0.3 is 0 Å². The minimum absolute atomic E-state index is 0.0563. The Morgan fingerprint density at radius 2 is 1.97 bits per heavy atom. The first-order valence-electron chi connectivity index (χ1n) is 8.85. The number of nitrogens with zero attached hydrogens (tertiary/aromatic N) is 1. The van der Waals surface area contributed by atoms with Gasteiger partial charge in [-0.05, 0) is 48.0 Å². The molecule has 1 saturated heterocycles. The van der Waals surface area contributed by atoms with Crippen LogP contribution in [0, 0.1) is 12.3 Å². The number of ether oxygens (including phenoxy) is 2. The third-order valence-electron chi connectivity index (χ3n) is 3.98. The zero-order valence-electron chi connectivity index (χ0n) is 15.7. The molecular formula is C22H18ClNO4S. The molecule has 5 nitrogen and oxygen atoms in total. The first kappa shape index (κ1) is 20.8. The van der Waals surface area contributed by atoms with Crippen LogP contribution in [-0.4, -0.2) is 29.2 Å². The molecule has 0 aromatic heterocycles. The van der Waals surface area contributed by atoms with E-state index in [4.69, 9.17) is 27.5 Å². The standard InChI is InChI=1S/C22H18ClNO4S/c1-3-10-24-21(25)19(29-22(24)26)13-16-11-17(23)20(18(12-16)27-4-2)28-14-15-8-6-5-7-9-15/h1,5-9,11-13H,4,10,14H2,2H3/b19-13+. The van der Waals surface area contributed by atoms with Crippen LogP contribution in [0.5, 0.6) is 11.5 Å². The Hall–Kier alpha value is -2.88. The third kappa shape index (κ3) is 4.94. The molecule has 0 spiro atoms. The number of terminal acetylenes is 1. The van der Waals surface area contributed by atoms with Crippen molar-refractivity contribution in [3.05, 3.63) is 63.5 Å². The molecule has 2 amide bonds. The van der Waals surface area contributed by atoms with Crippen LogP contribution in [0.1, 0.15) is 18.1 Å². The molecule has 0 unspecified atom stereocenters. The Morgan fingerprint density at radius 3 is 2.66 bits per heavy atom. The molecule has 2 aromatic carbocycles.